The monoisotopic (exact) mass is 293 g/mol. The van der Waals surface area contributed by atoms with Crippen LogP contribution >= 0.6 is 11.3 Å². The molecule has 2 rings (SSSR count). The van der Waals surface area contributed by atoms with Crippen molar-refractivity contribution >= 4 is 11.3 Å². The lowest BCUT2D eigenvalue weighted by Gasteiger charge is -2.17. The van der Waals surface area contributed by atoms with Crippen molar-refractivity contribution < 1.29 is 14.6 Å². The normalized spacial score (nSPS) is 12.5. The van der Waals surface area contributed by atoms with Crippen molar-refractivity contribution in [2.24, 2.45) is 0 Å². The Bertz CT molecular complexity index is 501. The summed E-state index contributed by atoms with van der Waals surface area (Å²) in [4.78, 5) is 5.42. The summed E-state index contributed by atoms with van der Waals surface area (Å²) in [7, 11) is 0. The summed E-state index contributed by atoms with van der Waals surface area (Å²) in [6.07, 6.45) is -0.110. The summed E-state index contributed by atoms with van der Waals surface area (Å²) in [5.41, 5.74) is 3.95. The van der Waals surface area contributed by atoms with Crippen LogP contribution in [0.5, 0.6) is 0 Å². The van der Waals surface area contributed by atoms with E-state index < -0.39 is 0 Å². The van der Waals surface area contributed by atoms with Gasteiger partial charge in [-0.2, -0.15) is 0 Å². The fourth-order valence-corrected chi connectivity index (χ4v) is 2.78. The van der Waals surface area contributed by atoms with Gasteiger partial charge in [0.15, 0.2) is 0 Å². The highest BCUT2D eigenvalue weighted by Gasteiger charge is 2.18. The van der Waals surface area contributed by atoms with Crippen LogP contribution in [-0.2, 0) is 9.47 Å². The number of ether oxygens (including phenoxy) is 2. The highest BCUT2D eigenvalue weighted by Crippen LogP contribution is 2.30. The molecule has 0 saturated carbocycles. The number of benzene rings is 1. The molecule has 1 aromatic carbocycles. The first-order chi connectivity index (χ1) is 9.83. The van der Waals surface area contributed by atoms with Crippen LogP contribution in [0.3, 0.4) is 0 Å². The Balaban J connectivity index is 2.04. The molecular formula is C15H19NO3S. The zero-order valence-electron chi connectivity index (χ0n) is 11.5. The molecule has 1 unspecified atom stereocenters. The Morgan fingerprint density at radius 3 is 2.65 bits per heavy atom. The molecule has 0 spiro atoms. The number of aromatic nitrogens is 1. The maximum Gasteiger partial charge on any atom is 0.119 e. The SMILES string of the molecule is Cc1ncsc1C(OCCOCCO)c1ccccc1. The van der Waals surface area contributed by atoms with Gasteiger partial charge in [-0.15, -0.1) is 11.3 Å². The van der Waals surface area contributed by atoms with E-state index in [0.29, 0.717) is 19.8 Å². The summed E-state index contributed by atoms with van der Waals surface area (Å²) in [5.74, 6) is 0. The molecule has 1 atom stereocenters. The molecule has 0 fully saturated rings. The lowest BCUT2D eigenvalue weighted by Crippen LogP contribution is -2.12. The molecule has 4 nitrogen and oxygen atoms in total. The van der Waals surface area contributed by atoms with Gasteiger partial charge in [0.2, 0.25) is 0 Å². The van der Waals surface area contributed by atoms with E-state index >= 15 is 0 Å². The van der Waals surface area contributed by atoms with Crippen molar-refractivity contribution in [3.05, 3.63) is 52.0 Å². The van der Waals surface area contributed by atoms with E-state index in [1.165, 1.54) is 0 Å². The molecule has 1 heterocycles. The Labute approximate surface area is 123 Å². The molecule has 0 aliphatic heterocycles. The number of nitrogens with zero attached hydrogens (tertiary/aromatic N) is 1. The summed E-state index contributed by atoms with van der Waals surface area (Å²) in [5, 5.41) is 8.67. The maximum atomic E-state index is 8.67. The molecule has 0 bridgehead atoms. The van der Waals surface area contributed by atoms with E-state index in [1.807, 2.05) is 30.6 Å². The van der Waals surface area contributed by atoms with Crippen molar-refractivity contribution in [1.29, 1.82) is 0 Å². The highest BCUT2D eigenvalue weighted by atomic mass is 32.1. The Hall–Kier alpha value is -1.27. The van der Waals surface area contributed by atoms with E-state index in [2.05, 4.69) is 17.1 Å². The topological polar surface area (TPSA) is 51.6 Å². The van der Waals surface area contributed by atoms with Crippen LogP contribution in [0.2, 0.25) is 0 Å². The predicted octanol–water partition coefficient (Wildman–Crippen LogP) is 2.57. The molecule has 1 N–H and O–H groups in total. The van der Waals surface area contributed by atoms with Crippen LogP contribution in [0.15, 0.2) is 35.8 Å². The average molecular weight is 293 g/mol. The zero-order valence-corrected chi connectivity index (χ0v) is 12.3. The standard InChI is InChI=1S/C15H19NO3S/c1-12-15(20-11-16-12)14(13-5-3-2-4-6-13)19-10-9-18-8-7-17/h2-6,11,14,17H,7-10H2,1H3. The molecule has 0 amide bonds. The summed E-state index contributed by atoms with van der Waals surface area (Å²) in [6, 6.07) is 10.1. The van der Waals surface area contributed by atoms with Gasteiger partial charge in [-0.3, -0.25) is 0 Å². The predicted molar refractivity (Wildman–Crippen MR) is 79.0 cm³/mol. The molecule has 2 aromatic rings. The first-order valence-corrected chi connectivity index (χ1v) is 7.46. The highest BCUT2D eigenvalue weighted by molar-refractivity contribution is 7.09. The largest absolute Gasteiger partial charge is 0.394 e. The molecule has 0 saturated heterocycles. The third kappa shape index (κ3) is 4.11. The van der Waals surface area contributed by atoms with Gasteiger partial charge in [0.05, 0.1) is 42.5 Å². The second-order valence-electron chi connectivity index (χ2n) is 4.30. The average Bonchev–Trinajstić information content (AvgIpc) is 2.90. The summed E-state index contributed by atoms with van der Waals surface area (Å²) in [6.45, 7) is 3.33. The van der Waals surface area contributed by atoms with E-state index in [1.54, 1.807) is 11.3 Å². The van der Waals surface area contributed by atoms with E-state index in [4.69, 9.17) is 14.6 Å². The molecule has 20 heavy (non-hydrogen) atoms. The minimum atomic E-state index is -0.110. The third-order valence-electron chi connectivity index (χ3n) is 2.87. The van der Waals surface area contributed by atoms with Crippen LogP contribution in [0.25, 0.3) is 0 Å². The van der Waals surface area contributed by atoms with Gasteiger partial charge in [-0.1, -0.05) is 30.3 Å². The first-order valence-electron chi connectivity index (χ1n) is 6.58. The van der Waals surface area contributed by atoms with Crippen molar-refractivity contribution in [3.63, 3.8) is 0 Å². The fraction of sp³-hybridized carbons (Fsp3) is 0.400. The first kappa shape index (κ1) is 15.1. The number of aryl methyl sites for hydroxylation is 1. The van der Waals surface area contributed by atoms with Crippen molar-refractivity contribution in [1.82, 2.24) is 4.98 Å². The number of hydrogen-bond donors (Lipinski definition) is 1. The molecule has 0 aliphatic rings. The van der Waals surface area contributed by atoms with E-state index in [-0.39, 0.29) is 12.7 Å². The van der Waals surface area contributed by atoms with Gasteiger partial charge in [0.1, 0.15) is 6.10 Å². The Kier molecular flexibility index (Phi) is 6.14. The van der Waals surface area contributed by atoms with Crippen molar-refractivity contribution in [2.45, 2.75) is 13.0 Å². The van der Waals surface area contributed by atoms with Crippen LogP contribution < -0.4 is 0 Å². The van der Waals surface area contributed by atoms with Crippen molar-refractivity contribution in [2.75, 3.05) is 26.4 Å². The third-order valence-corrected chi connectivity index (χ3v) is 3.85. The minimum Gasteiger partial charge on any atom is -0.394 e. The van der Waals surface area contributed by atoms with Gasteiger partial charge in [0.25, 0.3) is 0 Å². The minimum absolute atomic E-state index is 0.0378. The van der Waals surface area contributed by atoms with Gasteiger partial charge >= 0.3 is 0 Å². The Morgan fingerprint density at radius 2 is 2.00 bits per heavy atom. The smallest absolute Gasteiger partial charge is 0.119 e. The van der Waals surface area contributed by atoms with Crippen LogP contribution in [0.4, 0.5) is 0 Å². The molecular weight excluding hydrogens is 274 g/mol. The zero-order chi connectivity index (χ0) is 14.2. The number of aliphatic hydroxyl groups excluding tert-OH is 1. The van der Waals surface area contributed by atoms with E-state index in [0.717, 1.165) is 16.1 Å². The number of thiazole rings is 1. The van der Waals surface area contributed by atoms with Gasteiger partial charge < -0.3 is 14.6 Å². The maximum absolute atomic E-state index is 8.67. The van der Waals surface area contributed by atoms with Crippen LogP contribution in [-0.4, -0.2) is 36.5 Å². The second kappa shape index (κ2) is 8.11. The number of aliphatic hydroxyl groups is 1. The van der Waals surface area contributed by atoms with Gasteiger partial charge in [-0.05, 0) is 12.5 Å². The van der Waals surface area contributed by atoms with E-state index in [9.17, 15) is 0 Å². The number of hydrogen-bond acceptors (Lipinski definition) is 5. The van der Waals surface area contributed by atoms with Gasteiger partial charge in [0, 0.05) is 0 Å². The van der Waals surface area contributed by atoms with Gasteiger partial charge in [-0.25, -0.2) is 4.98 Å². The second-order valence-corrected chi connectivity index (χ2v) is 5.19. The molecule has 1 aromatic heterocycles. The lowest BCUT2D eigenvalue weighted by molar-refractivity contribution is 0.0113. The van der Waals surface area contributed by atoms with Crippen LogP contribution in [0, 0.1) is 6.92 Å². The molecule has 5 heteroatoms. The number of rotatable bonds is 8. The Morgan fingerprint density at radius 1 is 1.20 bits per heavy atom. The van der Waals surface area contributed by atoms with Crippen LogP contribution in [0.1, 0.15) is 22.2 Å². The lowest BCUT2D eigenvalue weighted by atomic mass is 10.1. The summed E-state index contributed by atoms with van der Waals surface area (Å²) < 4.78 is 11.2. The fourth-order valence-electron chi connectivity index (χ4n) is 1.91. The molecule has 0 aliphatic carbocycles. The molecule has 108 valence electrons. The molecule has 0 radical (unpaired) electrons. The quantitative estimate of drug-likeness (QED) is 0.760. The summed E-state index contributed by atoms with van der Waals surface area (Å²) >= 11 is 1.60. The van der Waals surface area contributed by atoms with Crippen molar-refractivity contribution in [3.8, 4) is 0 Å².